The van der Waals surface area contributed by atoms with Crippen LogP contribution in [0.2, 0.25) is 5.02 Å². The van der Waals surface area contributed by atoms with E-state index in [-0.39, 0.29) is 21.9 Å². The van der Waals surface area contributed by atoms with Gasteiger partial charge in [-0.05, 0) is 17.0 Å². The van der Waals surface area contributed by atoms with Crippen molar-refractivity contribution >= 4 is 34.8 Å². The topological polar surface area (TPSA) is 66.4 Å². The average molecular weight is 360 g/mol. The van der Waals surface area contributed by atoms with Gasteiger partial charge < -0.3 is 10.4 Å². The zero-order valence-electron chi connectivity index (χ0n) is 11.6. The van der Waals surface area contributed by atoms with Crippen molar-refractivity contribution in [3.05, 3.63) is 56.7 Å². The number of carbonyl (C=O) groups is 2. The average Bonchev–Trinajstić information content (AvgIpc) is 2.93. The second-order valence-corrected chi connectivity index (χ2v) is 6.03. The Kier molecular flexibility index (Phi) is 5.68. The molecule has 0 saturated heterocycles. The van der Waals surface area contributed by atoms with Gasteiger partial charge in [-0.3, -0.25) is 4.79 Å². The number of carboxylic acid groups (broad SMARTS) is 1. The van der Waals surface area contributed by atoms with Gasteiger partial charge in [-0.1, -0.05) is 35.9 Å². The molecule has 1 atom stereocenters. The predicted octanol–water partition coefficient (Wildman–Crippen LogP) is 3.76. The first-order valence-electron chi connectivity index (χ1n) is 6.52. The van der Waals surface area contributed by atoms with Gasteiger partial charge >= 0.3 is 5.97 Å². The first-order valence-corrected chi connectivity index (χ1v) is 7.78. The molecule has 2 rings (SSSR count). The number of thiophene rings is 1. The van der Waals surface area contributed by atoms with Crippen molar-refractivity contribution in [3.8, 4) is 0 Å². The molecule has 8 heteroatoms. The van der Waals surface area contributed by atoms with Crippen LogP contribution in [0, 0.1) is 0 Å². The fraction of sp³-hybridized carbons (Fsp3) is 0.200. The summed E-state index contributed by atoms with van der Waals surface area (Å²) in [6.07, 6.45) is -2.60. The van der Waals surface area contributed by atoms with E-state index in [0.717, 1.165) is 11.3 Å². The fourth-order valence-electron chi connectivity index (χ4n) is 1.91. The lowest BCUT2D eigenvalue weighted by atomic mass is 10.0. The molecule has 0 saturated carbocycles. The van der Waals surface area contributed by atoms with E-state index in [1.165, 1.54) is 24.3 Å². The van der Waals surface area contributed by atoms with Crippen molar-refractivity contribution < 1.29 is 23.5 Å². The smallest absolute Gasteiger partial charge is 0.326 e. The quantitative estimate of drug-likeness (QED) is 0.825. The standard InChI is InChI=1S/C15H12ClF2NO3S/c16-10-5-6-23-12(10)14(20)19-11(15(21)22)7-8-1-3-9(4-2-8)13(17)18/h1-6,11,13H,7H2,(H,19,20)(H,21,22). The minimum Gasteiger partial charge on any atom is -0.480 e. The molecule has 1 amide bonds. The number of rotatable bonds is 6. The van der Waals surface area contributed by atoms with Crippen LogP contribution in [0.3, 0.4) is 0 Å². The number of aliphatic carboxylic acids is 1. The molecule has 0 bridgehead atoms. The van der Waals surface area contributed by atoms with Crippen LogP contribution in [0.25, 0.3) is 0 Å². The first-order chi connectivity index (χ1) is 10.9. The SMILES string of the molecule is O=C(NC(Cc1ccc(C(F)F)cc1)C(=O)O)c1sccc1Cl. The van der Waals surface area contributed by atoms with Crippen molar-refractivity contribution in [1.29, 1.82) is 0 Å². The molecular formula is C15H12ClF2NO3S. The van der Waals surface area contributed by atoms with E-state index in [1.807, 2.05) is 0 Å². The van der Waals surface area contributed by atoms with Gasteiger partial charge in [-0.25, -0.2) is 13.6 Å². The Balaban J connectivity index is 2.08. The van der Waals surface area contributed by atoms with E-state index >= 15 is 0 Å². The van der Waals surface area contributed by atoms with Gasteiger partial charge in [0.1, 0.15) is 10.9 Å². The highest BCUT2D eigenvalue weighted by Crippen LogP contribution is 2.22. The third-order valence-corrected chi connectivity index (χ3v) is 4.44. The highest BCUT2D eigenvalue weighted by atomic mass is 35.5. The van der Waals surface area contributed by atoms with E-state index in [0.29, 0.717) is 5.56 Å². The third-order valence-electron chi connectivity index (χ3n) is 3.10. The molecule has 4 nitrogen and oxygen atoms in total. The summed E-state index contributed by atoms with van der Waals surface area (Å²) in [5.41, 5.74) is 0.384. The number of alkyl halides is 2. The van der Waals surface area contributed by atoms with Gasteiger partial charge in [-0.2, -0.15) is 0 Å². The molecule has 1 heterocycles. The first kappa shape index (κ1) is 17.4. The summed E-state index contributed by atoms with van der Waals surface area (Å²) in [5, 5.41) is 13.5. The number of benzene rings is 1. The maximum Gasteiger partial charge on any atom is 0.326 e. The normalized spacial score (nSPS) is 12.2. The number of hydrogen-bond acceptors (Lipinski definition) is 3. The van der Waals surface area contributed by atoms with Crippen LogP contribution in [0.4, 0.5) is 8.78 Å². The van der Waals surface area contributed by atoms with Gasteiger partial charge in [0.25, 0.3) is 12.3 Å². The zero-order chi connectivity index (χ0) is 17.0. The van der Waals surface area contributed by atoms with Crippen LogP contribution < -0.4 is 5.32 Å². The van der Waals surface area contributed by atoms with E-state index in [9.17, 15) is 23.5 Å². The maximum atomic E-state index is 12.5. The van der Waals surface area contributed by atoms with Crippen LogP contribution in [-0.2, 0) is 11.2 Å². The number of nitrogens with one attached hydrogen (secondary N) is 1. The molecule has 2 N–H and O–H groups in total. The van der Waals surface area contributed by atoms with Crippen LogP contribution in [0.5, 0.6) is 0 Å². The van der Waals surface area contributed by atoms with Gasteiger partial charge in [0.2, 0.25) is 0 Å². The number of carbonyl (C=O) groups excluding carboxylic acids is 1. The molecule has 0 aliphatic rings. The van der Waals surface area contributed by atoms with Gasteiger partial charge in [0.15, 0.2) is 0 Å². The molecule has 0 fully saturated rings. The van der Waals surface area contributed by atoms with E-state index in [2.05, 4.69) is 5.32 Å². The molecule has 0 aliphatic carbocycles. The molecule has 0 aliphatic heterocycles. The van der Waals surface area contributed by atoms with Gasteiger partial charge in [0.05, 0.1) is 5.02 Å². The Bertz CT molecular complexity index is 703. The molecule has 0 radical (unpaired) electrons. The molecule has 1 unspecified atom stereocenters. The Morgan fingerprint density at radius 1 is 1.22 bits per heavy atom. The zero-order valence-corrected chi connectivity index (χ0v) is 13.2. The maximum absolute atomic E-state index is 12.5. The highest BCUT2D eigenvalue weighted by Gasteiger charge is 2.23. The molecule has 2 aromatic rings. The number of carboxylic acids is 1. The van der Waals surface area contributed by atoms with Crippen LogP contribution in [-0.4, -0.2) is 23.0 Å². The molecular weight excluding hydrogens is 348 g/mol. The lowest BCUT2D eigenvalue weighted by molar-refractivity contribution is -0.139. The molecule has 23 heavy (non-hydrogen) atoms. The van der Waals surface area contributed by atoms with E-state index < -0.39 is 24.3 Å². The lowest BCUT2D eigenvalue weighted by Crippen LogP contribution is -2.42. The van der Waals surface area contributed by atoms with Crippen LogP contribution in [0.15, 0.2) is 35.7 Å². The number of halogens is 3. The summed E-state index contributed by atoms with van der Waals surface area (Å²) in [5.74, 6) is -1.80. The van der Waals surface area contributed by atoms with Crippen LogP contribution in [0.1, 0.15) is 27.2 Å². The summed E-state index contributed by atoms with van der Waals surface area (Å²) in [6, 6.07) is 5.66. The second-order valence-electron chi connectivity index (χ2n) is 4.71. The largest absolute Gasteiger partial charge is 0.480 e. The van der Waals surface area contributed by atoms with Crippen molar-refractivity contribution in [3.63, 3.8) is 0 Å². The molecule has 122 valence electrons. The summed E-state index contributed by atoms with van der Waals surface area (Å²) in [7, 11) is 0. The summed E-state index contributed by atoms with van der Waals surface area (Å²) in [4.78, 5) is 23.6. The van der Waals surface area contributed by atoms with Crippen LogP contribution >= 0.6 is 22.9 Å². The van der Waals surface area contributed by atoms with Crippen molar-refractivity contribution in [2.45, 2.75) is 18.9 Å². The lowest BCUT2D eigenvalue weighted by Gasteiger charge is -2.14. The van der Waals surface area contributed by atoms with E-state index in [1.54, 1.807) is 11.4 Å². The predicted molar refractivity (Wildman–Crippen MR) is 83.3 cm³/mol. The van der Waals surface area contributed by atoms with Crippen molar-refractivity contribution in [2.75, 3.05) is 0 Å². The summed E-state index contributed by atoms with van der Waals surface area (Å²) >= 11 is 6.94. The van der Waals surface area contributed by atoms with Gasteiger partial charge in [-0.15, -0.1) is 11.3 Å². The Labute approximate surface area is 139 Å². The Morgan fingerprint density at radius 3 is 2.35 bits per heavy atom. The molecule has 1 aromatic carbocycles. The number of amides is 1. The third kappa shape index (κ3) is 4.49. The molecule has 1 aromatic heterocycles. The summed E-state index contributed by atoms with van der Waals surface area (Å²) in [6.45, 7) is 0. The summed E-state index contributed by atoms with van der Waals surface area (Å²) < 4.78 is 25.0. The minimum atomic E-state index is -2.58. The second kappa shape index (κ2) is 7.52. The Morgan fingerprint density at radius 2 is 1.87 bits per heavy atom. The fourth-order valence-corrected chi connectivity index (χ4v) is 2.96. The Hall–Kier alpha value is -1.99. The van der Waals surface area contributed by atoms with Crippen molar-refractivity contribution in [1.82, 2.24) is 5.32 Å². The minimum absolute atomic E-state index is 0.0203. The van der Waals surface area contributed by atoms with Crippen molar-refractivity contribution in [2.24, 2.45) is 0 Å². The monoisotopic (exact) mass is 359 g/mol. The highest BCUT2D eigenvalue weighted by molar-refractivity contribution is 7.12. The van der Waals surface area contributed by atoms with E-state index in [4.69, 9.17) is 11.6 Å². The van der Waals surface area contributed by atoms with Gasteiger partial charge in [0, 0.05) is 12.0 Å². The molecule has 0 spiro atoms. The number of hydrogen-bond donors (Lipinski definition) is 2.